The third-order valence-electron chi connectivity index (χ3n) is 3.33. The summed E-state index contributed by atoms with van der Waals surface area (Å²) in [5.74, 6) is 1.49. The maximum Gasteiger partial charge on any atom is 0.224 e. The van der Waals surface area contributed by atoms with Crippen molar-refractivity contribution in [1.82, 2.24) is 0 Å². The topological polar surface area (TPSA) is 47.6 Å². The fraction of sp³-hybridized carbons (Fsp3) is 0.278. The van der Waals surface area contributed by atoms with E-state index in [4.69, 9.17) is 21.1 Å². The third kappa shape index (κ3) is 5.49. The van der Waals surface area contributed by atoms with Crippen LogP contribution < -0.4 is 14.8 Å². The SMILES string of the molecule is COc1ccc(OCCCC(=O)Nc2ccc(C)c(Cl)c2)cc1. The van der Waals surface area contributed by atoms with Gasteiger partial charge >= 0.3 is 0 Å². The summed E-state index contributed by atoms with van der Waals surface area (Å²) >= 11 is 6.03. The average molecular weight is 334 g/mol. The van der Waals surface area contributed by atoms with Gasteiger partial charge in [-0.05, 0) is 55.3 Å². The van der Waals surface area contributed by atoms with Gasteiger partial charge in [0.2, 0.25) is 5.91 Å². The average Bonchev–Trinajstić information content (AvgIpc) is 2.55. The van der Waals surface area contributed by atoms with Crippen molar-refractivity contribution in [3.8, 4) is 11.5 Å². The Morgan fingerprint density at radius 3 is 2.48 bits per heavy atom. The lowest BCUT2D eigenvalue weighted by atomic mass is 10.2. The summed E-state index contributed by atoms with van der Waals surface area (Å²) in [5.41, 5.74) is 1.69. The first-order chi connectivity index (χ1) is 11.1. The van der Waals surface area contributed by atoms with Gasteiger partial charge in [-0.15, -0.1) is 0 Å². The van der Waals surface area contributed by atoms with Gasteiger partial charge in [0, 0.05) is 17.1 Å². The van der Waals surface area contributed by atoms with E-state index in [2.05, 4.69) is 5.32 Å². The molecule has 1 N–H and O–H groups in total. The van der Waals surface area contributed by atoms with Gasteiger partial charge in [0.15, 0.2) is 0 Å². The van der Waals surface area contributed by atoms with E-state index in [0.717, 1.165) is 17.1 Å². The van der Waals surface area contributed by atoms with Crippen LogP contribution in [0.3, 0.4) is 0 Å². The van der Waals surface area contributed by atoms with Crippen LogP contribution in [0.4, 0.5) is 5.69 Å². The van der Waals surface area contributed by atoms with Crippen LogP contribution in [0.1, 0.15) is 18.4 Å². The summed E-state index contributed by atoms with van der Waals surface area (Å²) in [6, 6.07) is 12.8. The van der Waals surface area contributed by atoms with Crippen LogP contribution in [-0.2, 0) is 4.79 Å². The molecule has 0 unspecified atom stereocenters. The summed E-state index contributed by atoms with van der Waals surface area (Å²) in [5, 5.41) is 3.47. The highest BCUT2D eigenvalue weighted by molar-refractivity contribution is 6.31. The number of rotatable bonds is 7. The number of hydrogen-bond acceptors (Lipinski definition) is 3. The second-order valence-corrected chi connectivity index (χ2v) is 5.55. The quantitative estimate of drug-likeness (QED) is 0.761. The van der Waals surface area contributed by atoms with Gasteiger partial charge in [-0.25, -0.2) is 0 Å². The Bertz CT molecular complexity index is 656. The first kappa shape index (κ1) is 17.2. The molecule has 0 heterocycles. The standard InChI is InChI=1S/C18H20ClNO3/c1-13-5-6-14(12-17(13)19)20-18(21)4-3-11-23-16-9-7-15(22-2)8-10-16/h5-10,12H,3-4,11H2,1-2H3,(H,20,21). The lowest BCUT2D eigenvalue weighted by Crippen LogP contribution is -2.12. The largest absolute Gasteiger partial charge is 0.497 e. The van der Waals surface area contributed by atoms with Crippen molar-refractivity contribution in [2.45, 2.75) is 19.8 Å². The van der Waals surface area contributed by atoms with E-state index in [9.17, 15) is 4.79 Å². The molecule has 23 heavy (non-hydrogen) atoms. The molecule has 2 aromatic carbocycles. The number of carbonyl (C=O) groups excluding carboxylic acids is 1. The number of methoxy groups -OCH3 is 1. The van der Waals surface area contributed by atoms with Gasteiger partial charge in [-0.3, -0.25) is 4.79 Å². The molecule has 0 atom stereocenters. The predicted molar refractivity (Wildman–Crippen MR) is 92.5 cm³/mol. The molecule has 4 nitrogen and oxygen atoms in total. The van der Waals surface area contributed by atoms with E-state index in [1.54, 1.807) is 13.2 Å². The zero-order valence-electron chi connectivity index (χ0n) is 13.3. The Balaban J connectivity index is 1.70. The number of carbonyl (C=O) groups is 1. The minimum Gasteiger partial charge on any atom is -0.497 e. The van der Waals surface area contributed by atoms with Crippen LogP contribution >= 0.6 is 11.6 Å². The summed E-state index contributed by atoms with van der Waals surface area (Å²) in [6.07, 6.45) is 1.03. The van der Waals surface area contributed by atoms with Crippen molar-refractivity contribution in [2.24, 2.45) is 0 Å². The zero-order valence-corrected chi connectivity index (χ0v) is 14.0. The maximum absolute atomic E-state index is 11.9. The Morgan fingerprint density at radius 1 is 1.13 bits per heavy atom. The second kappa shape index (κ2) is 8.44. The molecule has 0 fully saturated rings. The Kier molecular flexibility index (Phi) is 6.29. The molecule has 1 amide bonds. The van der Waals surface area contributed by atoms with Crippen LogP contribution in [0.2, 0.25) is 5.02 Å². The lowest BCUT2D eigenvalue weighted by Gasteiger charge is -2.08. The van der Waals surface area contributed by atoms with Crippen molar-refractivity contribution in [1.29, 1.82) is 0 Å². The number of benzene rings is 2. The van der Waals surface area contributed by atoms with E-state index in [-0.39, 0.29) is 5.91 Å². The van der Waals surface area contributed by atoms with Crippen molar-refractivity contribution in [3.05, 3.63) is 53.1 Å². The van der Waals surface area contributed by atoms with Gasteiger partial charge in [-0.2, -0.15) is 0 Å². The van der Waals surface area contributed by atoms with Crippen LogP contribution in [0.25, 0.3) is 0 Å². The molecule has 0 bridgehead atoms. The van der Waals surface area contributed by atoms with Gasteiger partial charge in [0.25, 0.3) is 0 Å². The number of nitrogens with one attached hydrogen (secondary N) is 1. The number of hydrogen-bond donors (Lipinski definition) is 1. The molecule has 0 radical (unpaired) electrons. The van der Waals surface area contributed by atoms with E-state index < -0.39 is 0 Å². The molecular weight excluding hydrogens is 314 g/mol. The highest BCUT2D eigenvalue weighted by Gasteiger charge is 2.04. The van der Waals surface area contributed by atoms with E-state index in [1.807, 2.05) is 43.3 Å². The molecule has 2 aromatic rings. The van der Waals surface area contributed by atoms with Crippen LogP contribution in [0.5, 0.6) is 11.5 Å². The molecule has 0 aliphatic rings. The van der Waals surface area contributed by atoms with Crippen molar-refractivity contribution < 1.29 is 14.3 Å². The third-order valence-corrected chi connectivity index (χ3v) is 3.74. The number of halogens is 1. The molecule has 0 saturated heterocycles. The maximum atomic E-state index is 11.9. The van der Waals surface area contributed by atoms with E-state index >= 15 is 0 Å². The molecule has 0 aliphatic carbocycles. The van der Waals surface area contributed by atoms with E-state index in [1.165, 1.54) is 0 Å². The van der Waals surface area contributed by atoms with Crippen molar-refractivity contribution >= 4 is 23.2 Å². The van der Waals surface area contributed by atoms with Gasteiger partial charge in [0.05, 0.1) is 13.7 Å². The molecular formula is C18H20ClNO3. The molecule has 0 aliphatic heterocycles. The fourth-order valence-electron chi connectivity index (χ4n) is 1.99. The predicted octanol–water partition coefficient (Wildman–Crippen LogP) is 4.45. The fourth-order valence-corrected chi connectivity index (χ4v) is 2.17. The van der Waals surface area contributed by atoms with Crippen molar-refractivity contribution in [2.75, 3.05) is 19.0 Å². The minimum atomic E-state index is -0.0525. The normalized spacial score (nSPS) is 10.2. The summed E-state index contributed by atoms with van der Waals surface area (Å²) in [4.78, 5) is 11.9. The number of amides is 1. The molecule has 122 valence electrons. The van der Waals surface area contributed by atoms with Crippen LogP contribution in [0, 0.1) is 6.92 Å². The minimum absolute atomic E-state index is 0.0525. The lowest BCUT2D eigenvalue weighted by molar-refractivity contribution is -0.116. The zero-order chi connectivity index (χ0) is 16.7. The van der Waals surface area contributed by atoms with Crippen molar-refractivity contribution in [3.63, 3.8) is 0 Å². The van der Waals surface area contributed by atoms with Crippen LogP contribution in [0.15, 0.2) is 42.5 Å². The molecule has 5 heteroatoms. The summed E-state index contributed by atoms with van der Waals surface area (Å²) < 4.78 is 10.7. The summed E-state index contributed by atoms with van der Waals surface area (Å²) in [6.45, 7) is 2.40. The Morgan fingerprint density at radius 2 is 1.83 bits per heavy atom. The molecule has 2 rings (SSSR count). The monoisotopic (exact) mass is 333 g/mol. The Hall–Kier alpha value is -2.20. The molecule has 0 aromatic heterocycles. The second-order valence-electron chi connectivity index (χ2n) is 5.14. The number of aryl methyl sites for hydroxylation is 1. The first-order valence-electron chi connectivity index (χ1n) is 7.41. The molecule has 0 spiro atoms. The Labute approximate surface area is 141 Å². The van der Waals surface area contributed by atoms with Gasteiger partial charge < -0.3 is 14.8 Å². The number of anilines is 1. The first-order valence-corrected chi connectivity index (χ1v) is 7.79. The number of ether oxygens (including phenoxy) is 2. The smallest absolute Gasteiger partial charge is 0.224 e. The highest BCUT2D eigenvalue weighted by Crippen LogP contribution is 2.20. The van der Waals surface area contributed by atoms with Gasteiger partial charge in [-0.1, -0.05) is 17.7 Å². The van der Waals surface area contributed by atoms with Gasteiger partial charge in [0.1, 0.15) is 11.5 Å². The summed E-state index contributed by atoms with van der Waals surface area (Å²) in [7, 11) is 1.62. The molecule has 0 saturated carbocycles. The van der Waals surface area contributed by atoms with Crippen LogP contribution in [-0.4, -0.2) is 19.6 Å². The highest BCUT2D eigenvalue weighted by atomic mass is 35.5. The van der Waals surface area contributed by atoms with E-state index in [0.29, 0.717) is 30.2 Å².